The molecule has 0 bridgehead atoms. The van der Waals surface area contributed by atoms with Gasteiger partial charge in [0.2, 0.25) is 10.0 Å². The van der Waals surface area contributed by atoms with Gasteiger partial charge in [0.25, 0.3) is 5.91 Å². The van der Waals surface area contributed by atoms with Crippen molar-refractivity contribution in [2.24, 2.45) is 0 Å². The van der Waals surface area contributed by atoms with E-state index < -0.39 is 35.1 Å². The molecule has 2 aromatic carbocycles. The SMILES string of the molecule is O=C(COC(=O)CNS(=O)(=O)c1ccccc1)Nc1ccc(N2CCCC2)cc1. The van der Waals surface area contributed by atoms with E-state index in [2.05, 4.69) is 14.9 Å². The number of benzene rings is 2. The average Bonchev–Trinajstić information content (AvgIpc) is 3.27. The molecule has 8 nitrogen and oxygen atoms in total. The van der Waals surface area contributed by atoms with Crippen LogP contribution in [0.25, 0.3) is 0 Å². The molecule has 2 N–H and O–H groups in total. The van der Waals surface area contributed by atoms with Crippen LogP contribution in [0.3, 0.4) is 0 Å². The third-order valence-corrected chi connectivity index (χ3v) is 5.86. The number of rotatable bonds is 8. The number of nitrogens with one attached hydrogen (secondary N) is 2. The van der Waals surface area contributed by atoms with Gasteiger partial charge >= 0.3 is 5.97 Å². The first kappa shape index (κ1) is 20.8. The maximum absolute atomic E-state index is 12.0. The van der Waals surface area contributed by atoms with Gasteiger partial charge in [-0.1, -0.05) is 18.2 Å². The number of ether oxygens (including phenoxy) is 1. The molecule has 3 rings (SSSR count). The summed E-state index contributed by atoms with van der Waals surface area (Å²) in [5.41, 5.74) is 1.71. The van der Waals surface area contributed by atoms with Gasteiger partial charge in [-0.25, -0.2) is 8.42 Å². The van der Waals surface area contributed by atoms with Gasteiger partial charge in [0.15, 0.2) is 6.61 Å². The molecule has 0 unspecified atom stereocenters. The average molecular weight is 417 g/mol. The predicted octanol–water partition coefficient (Wildman–Crippen LogP) is 1.75. The molecule has 1 fully saturated rings. The minimum absolute atomic E-state index is 0.0444. The lowest BCUT2D eigenvalue weighted by Gasteiger charge is -2.17. The summed E-state index contributed by atoms with van der Waals surface area (Å²) in [5.74, 6) is -1.35. The number of hydrogen-bond acceptors (Lipinski definition) is 6. The highest BCUT2D eigenvalue weighted by molar-refractivity contribution is 7.89. The lowest BCUT2D eigenvalue weighted by Crippen LogP contribution is -2.32. The Hall–Kier alpha value is -2.91. The van der Waals surface area contributed by atoms with Crippen molar-refractivity contribution >= 4 is 33.3 Å². The Morgan fingerprint density at radius 1 is 0.966 bits per heavy atom. The van der Waals surface area contributed by atoms with Gasteiger partial charge in [-0.3, -0.25) is 9.59 Å². The van der Waals surface area contributed by atoms with E-state index >= 15 is 0 Å². The van der Waals surface area contributed by atoms with Crippen LogP contribution >= 0.6 is 0 Å². The zero-order valence-corrected chi connectivity index (χ0v) is 16.7. The topological polar surface area (TPSA) is 105 Å². The first-order valence-corrected chi connectivity index (χ1v) is 10.8. The third-order valence-electron chi connectivity index (χ3n) is 4.45. The van der Waals surface area contributed by atoms with Crippen LogP contribution < -0.4 is 14.9 Å². The Morgan fingerprint density at radius 3 is 2.28 bits per heavy atom. The van der Waals surface area contributed by atoms with E-state index in [-0.39, 0.29) is 4.90 Å². The molecule has 1 aliphatic rings. The lowest BCUT2D eigenvalue weighted by molar-refractivity contribution is -0.146. The highest BCUT2D eigenvalue weighted by Gasteiger charge is 2.16. The fraction of sp³-hybridized carbons (Fsp3) is 0.300. The van der Waals surface area contributed by atoms with Gasteiger partial charge < -0.3 is 15.0 Å². The maximum atomic E-state index is 12.0. The van der Waals surface area contributed by atoms with E-state index in [4.69, 9.17) is 4.74 Å². The monoisotopic (exact) mass is 417 g/mol. The van der Waals surface area contributed by atoms with Crippen LogP contribution in [0.5, 0.6) is 0 Å². The molecule has 0 aliphatic carbocycles. The molecular formula is C20H23N3O5S. The quantitative estimate of drug-likeness (QED) is 0.634. The Morgan fingerprint density at radius 2 is 1.62 bits per heavy atom. The van der Waals surface area contributed by atoms with Gasteiger partial charge in [0, 0.05) is 24.5 Å². The summed E-state index contributed by atoms with van der Waals surface area (Å²) in [7, 11) is -3.81. The van der Waals surface area contributed by atoms with Gasteiger partial charge in [-0.15, -0.1) is 0 Å². The molecule has 0 aromatic heterocycles. The minimum Gasteiger partial charge on any atom is -0.455 e. The molecule has 0 radical (unpaired) electrons. The summed E-state index contributed by atoms with van der Waals surface area (Å²) in [4.78, 5) is 26.0. The Labute approximate surface area is 169 Å². The molecule has 154 valence electrons. The number of anilines is 2. The molecule has 0 saturated carbocycles. The van der Waals surface area contributed by atoms with Crippen molar-refractivity contribution < 1.29 is 22.7 Å². The normalized spacial score (nSPS) is 13.9. The number of amides is 1. The van der Waals surface area contributed by atoms with Crippen LogP contribution in [0.1, 0.15) is 12.8 Å². The summed E-state index contributed by atoms with van der Waals surface area (Å²) in [6, 6.07) is 15.1. The molecule has 0 atom stereocenters. The number of esters is 1. The van der Waals surface area contributed by atoms with E-state index in [0.717, 1.165) is 18.8 Å². The van der Waals surface area contributed by atoms with E-state index in [9.17, 15) is 18.0 Å². The molecule has 1 amide bonds. The smallest absolute Gasteiger partial charge is 0.321 e. The maximum Gasteiger partial charge on any atom is 0.321 e. The standard InChI is InChI=1S/C20H23N3O5S/c24-19(22-16-8-10-17(11-9-16)23-12-4-5-13-23)15-28-20(25)14-21-29(26,27)18-6-2-1-3-7-18/h1-3,6-11,21H,4-5,12-15H2,(H,22,24). The summed E-state index contributed by atoms with van der Waals surface area (Å²) in [6.45, 7) is 1.01. The van der Waals surface area contributed by atoms with Crippen molar-refractivity contribution in [2.75, 3.05) is 36.5 Å². The Kier molecular flexibility index (Phi) is 6.84. The number of carbonyl (C=O) groups is 2. The van der Waals surface area contributed by atoms with Crippen LogP contribution in [0.4, 0.5) is 11.4 Å². The number of carbonyl (C=O) groups excluding carboxylic acids is 2. The summed E-state index contributed by atoms with van der Waals surface area (Å²) >= 11 is 0. The van der Waals surface area contributed by atoms with E-state index in [0.29, 0.717) is 5.69 Å². The van der Waals surface area contributed by atoms with Gasteiger partial charge in [-0.2, -0.15) is 4.72 Å². The molecule has 1 saturated heterocycles. The molecule has 1 aliphatic heterocycles. The highest BCUT2D eigenvalue weighted by Crippen LogP contribution is 2.21. The third kappa shape index (κ3) is 6.03. The molecule has 9 heteroatoms. The van der Waals surface area contributed by atoms with Crippen LogP contribution in [0.15, 0.2) is 59.5 Å². The van der Waals surface area contributed by atoms with E-state index in [1.165, 1.54) is 25.0 Å². The fourth-order valence-electron chi connectivity index (χ4n) is 2.96. The largest absolute Gasteiger partial charge is 0.455 e. The van der Waals surface area contributed by atoms with Crippen molar-refractivity contribution in [3.63, 3.8) is 0 Å². The molecule has 1 heterocycles. The van der Waals surface area contributed by atoms with Crippen LogP contribution in [0, 0.1) is 0 Å². The Bertz CT molecular complexity index is 940. The number of sulfonamides is 1. The van der Waals surface area contributed by atoms with Crippen molar-refractivity contribution in [1.29, 1.82) is 0 Å². The second-order valence-electron chi connectivity index (χ2n) is 6.59. The first-order valence-electron chi connectivity index (χ1n) is 9.29. The number of nitrogens with zero attached hydrogens (tertiary/aromatic N) is 1. The van der Waals surface area contributed by atoms with Gasteiger partial charge in [0.1, 0.15) is 6.54 Å². The van der Waals surface area contributed by atoms with Gasteiger partial charge in [0.05, 0.1) is 4.90 Å². The molecule has 29 heavy (non-hydrogen) atoms. The highest BCUT2D eigenvalue weighted by atomic mass is 32.2. The first-order chi connectivity index (χ1) is 13.9. The predicted molar refractivity (Wildman–Crippen MR) is 109 cm³/mol. The van der Waals surface area contributed by atoms with Crippen LogP contribution in [-0.2, 0) is 24.3 Å². The second kappa shape index (κ2) is 9.53. The van der Waals surface area contributed by atoms with E-state index in [1.54, 1.807) is 30.3 Å². The minimum atomic E-state index is -3.81. The van der Waals surface area contributed by atoms with Crippen molar-refractivity contribution in [2.45, 2.75) is 17.7 Å². The molecule has 0 spiro atoms. The summed E-state index contributed by atoms with van der Waals surface area (Å²) in [6.07, 6.45) is 2.37. The van der Waals surface area contributed by atoms with Crippen LogP contribution in [0.2, 0.25) is 0 Å². The Balaban J connectivity index is 1.41. The van der Waals surface area contributed by atoms with Crippen molar-refractivity contribution in [3.8, 4) is 0 Å². The zero-order valence-electron chi connectivity index (χ0n) is 15.8. The van der Waals surface area contributed by atoms with Gasteiger partial charge in [-0.05, 0) is 49.2 Å². The fourth-order valence-corrected chi connectivity index (χ4v) is 3.95. The number of hydrogen-bond donors (Lipinski definition) is 2. The molecule has 2 aromatic rings. The van der Waals surface area contributed by atoms with E-state index in [1.807, 2.05) is 12.1 Å². The summed E-state index contributed by atoms with van der Waals surface area (Å²) < 4.78 is 31.0. The second-order valence-corrected chi connectivity index (χ2v) is 8.35. The van der Waals surface area contributed by atoms with Crippen molar-refractivity contribution in [1.82, 2.24) is 4.72 Å². The molecular weight excluding hydrogens is 394 g/mol. The zero-order chi connectivity index (χ0) is 20.7. The summed E-state index contributed by atoms with van der Waals surface area (Å²) in [5, 5.41) is 2.64. The van der Waals surface area contributed by atoms with Crippen LogP contribution in [-0.4, -0.2) is 46.5 Å². The lowest BCUT2D eigenvalue weighted by atomic mass is 10.2. The van der Waals surface area contributed by atoms with Crippen molar-refractivity contribution in [3.05, 3.63) is 54.6 Å².